The van der Waals surface area contributed by atoms with Gasteiger partial charge in [-0.2, -0.15) is 0 Å². The average molecular weight is 268 g/mol. The van der Waals surface area contributed by atoms with E-state index in [0.29, 0.717) is 5.02 Å². The number of aliphatic hydroxyl groups excluding tert-OH is 1. The van der Waals surface area contributed by atoms with Crippen LogP contribution in [0.4, 0.5) is 4.79 Å². The molecule has 4 nitrogen and oxygen atoms in total. The Kier molecular flexibility index (Phi) is 5.42. The molecule has 1 unspecified atom stereocenters. The Bertz CT molecular complexity index is 471. The molecule has 0 radical (unpaired) electrons. The van der Waals surface area contributed by atoms with Gasteiger partial charge in [0.25, 0.3) is 0 Å². The molecule has 3 N–H and O–H groups in total. The predicted octanol–water partition coefficient (Wildman–Crippen LogP) is 2.41. The van der Waals surface area contributed by atoms with E-state index < -0.39 is 12.2 Å². The summed E-state index contributed by atoms with van der Waals surface area (Å²) in [6.45, 7) is 3.43. The van der Waals surface area contributed by atoms with E-state index in [0.717, 1.165) is 5.56 Å². The van der Waals surface area contributed by atoms with E-state index >= 15 is 0 Å². The molecule has 0 heterocycles. The van der Waals surface area contributed by atoms with Gasteiger partial charge in [-0.25, -0.2) is 4.79 Å². The zero-order chi connectivity index (χ0) is 13.5. The van der Waals surface area contributed by atoms with Crippen molar-refractivity contribution in [1.29, 1.82) is 0 Å². The zero-order valence-corrected chi connectivity index (χ0v) is 10.4. The van der Waals surface area contributed by atoms with Crippen molar-refractivity contribution in [1.82, 2.24) is 0 Å². The van der Waals surface area contributed by atoms with Crippen molar-refractivity contribution in [2.45, 2.75) is 12.5 Å². The summed E-state index contributed by atoms with van der Waals surface area (Å²) in [5, 5.41) is 9.97. The standard InChI is InChI=1S/C13H14ClNO3/c1-2-10(16)8-11(18-13(15)17)7-9-5-3-4-6-12(9)14/h2-6,8,10,16H,1,7H2,(H2,15,17). The van der Waals surface area contributed by atoms with Crippen molar-refractivity contribution < 1.29 is 14.6 Å². The maximum atomic E-state index is 10.8. The van der Waals surface area contributed by atoms with Crippen molar-refractivity contribution in [3.05, 3.63) is 59.3 Å². The highest BCUT2D eigenvalue weighted by Gasteiger charge is 2.09. The van der Waals surface area contributed by atoms with Gasteiger partial charge < -0.3 is 15.6 Å². The maximum absolute atomic E-state index is 10.8. The van der Waals surface area contributed by atoms with Gasteiger partial charge in [0.15, 0.2) is 0 Å². The van der Waals surface area contributed by atoms with Crippen molar-refractivity contribution in [2.24, 2.45) is 5.73 Å². The Labute approximate surface area is 110 Å². The van der Waals surface area contributed by atoms with E-state index in [9.17, 15) is 9.90 Å². The molecular weight excluding hydrogens is 254 g/mol. The Balaban J connectivity index is 2.91. The number of rotatable bonds is 5. The van der Waals surface area contributed by atoms with Crippen molar-refractivity contribution >= 4 is 17.7 Å². The van der Waals surface area contributed by atoms with Crippen molar-refractivity contribution in [2.75, 3.05) is 0 Å². The molecular formula is C13H14ClNO3. The Morgan fingerprint density at radius 3 is 2.78 bits per heavy atom. The third kappa shape index (κ3) is 4.61. The van der Waals surface area contributed by atoms with E-state index in [4.69, 9.17) is 22.1 Å². The lowest BCUT2D eigenvalue weighted by atomic mass is 10.1. The smallest absolute Gasteiger partial charge is 0.409 e. The van der Waals surface area contributed by atoms with Gasteiger partial charge in [0.2, 0.25) is 0 Å². The molecule has 1 rings (SSSR count). The fourth-order valence-electron chi connectivity index (χ4n) is 1.35. The monoisotopic (exact) mass is 267 g/mol. The van der Waals surface area contributed by atoms with E-state index in [-0.39, 0.29) is 12.2 Å². The summed E-state index contributed by atoms with van der Waals surface area (Å²) < 4.78 is 4.82. The van der Waals surface area contributed by atoms with Crippen LogP contribution in [-0.4, -0.2) is 17.3 Å². The van der Waals surface area contributed by atoms with Gasteiger partial charge in [-0.1, -0.05) is 35.9 Å². The third-order valence-electron chi connectivity index (χ3n) is 2.15. The Morgan fingerprint density at radius 2 is 2.22 bits per heavy atom. The lowest BCUT2D eigenvalue weighted by molar-refractivity contribution is 0.182. The first-order valence-electron chi connectivity index (χ1n) is 5.25. The predicted molar refractivity (Wildman–Crippen MR) is 70.1 cm³/mol. The second kappa shape index (κ2) is 6.83. The van der Waals surface area contributed by atoms with Crippen molar-refractivity contribution in [3.8, 4) is 0 Å². The number of hydrogen-bond donors (Lipinski definition) is 2. The van der Waals surface area contributed by atoms with Gasteiger partial charge in [0, 0.05) is 11.4 Å². The van der Waals surface area contributed by atoms with Crippen LogP contribution >= 0.6 is 11.6 Å². The molecule has 1 amide bonds. The second-order valence-corrected chi connectivity index (χ2v) is 3.96. The summed E-state index contributed by atoms with van der Waals surface area (Å²) in [7, 11) is 0. The van der Waals surface area contributed by atoms with Crippen LogP contribution in [0.2, 0.25) is 5.02 Å². The van der Waals surface area contributed by atoms with Crippen LogP contribution < -0.4 is 5.73 Å². The lowest BCUT2D eigenvalue weighted by Crippen LogP contribution is -2.15. The number of aliphatic hydroxyl groups is 1. The highest BCUT2D eigenvalue weighted by molar-refractivity contribution is 6.31. The number of primary amides is 1. The normalized spacial score (nSPS) is 12.9. The highest BCUT2D eigenvalue weighted by Crippen LogP contribution is 2.19. The number of nitrogens with two attached hydrogens (primary N) is 1. The highest BCUT2D eigenvalue weighted by atomic mass is 35.5. The number of hydrogen-bond acceptors (Lipinski definition) is 3. The molecule has 0 saturated carbocycles. The number of benzene rings is 1. The largest absolute Gasteiger partial charge is 0.415 e. The second-order valence-electron chi connectivity index (χ2n) is 3.55. The topological polar surface area (TPSA) is 72.6 Å². The van der Waals surface area contributed by atoms with Crippen LogP contribution in [0.3, 0.4) is 0 Å². The summed E-state index contributed by atoms with van der Waals surface area (Å²) in [5.74, 6) is 0.225. The Hall–Kier alpha value is -1.78. The first-order valence-corrected chi connectivity index (χ1v) is 5.62. The quantitative estimate of drug-likeness (QED) is 0.636. The minimum Gasteiger partial charge on any atom is -0.415 e. The van der Waals surface area contributed by atoms with E-state index in [2.05, 4.69) is 6.58 Å². The number of carbonyl (C=O) groups is 1. The number of allylic oxidation sites excluding steroid dienone is 1. The number of ether oxygens (including phenoxy) is 1. The van der Waals surface area contributed by atoms with Crippen LogP contribution in [0.5, 0.6) is 0 Å². The number of amides is 1. The summed E-state index contributed by atoms with van der Waals surface area (Å²) in [6.07, 6.45) is 1.05. The lowest BCUT2D eigenvalue weighted by Gasteiger charge is -2.09. The molecule has 96 valence electrons. The summed E-state index contributed by atoms with van der Waals surface area (Å²) in [6, 6.07) is 7.12. The summed E-state index contributed by atoms with van der Waals surface area (Å²) in [4.78, 5) is 10.8. The zero-order valence-electron chi connectivity index (χ0n) is 9.67. The maximum Gasteiger partial charge on any atom is 0.409 e. The minimum absolute atomic E-state index is 0.225. The fraction of sp³-hybridized carbons (Fsp3) is 0.154. The average Bonchev–Trinajstić information content (AvgIpc) is 2.31. The molecule has 18 heavy (non-hydrogen) atoms. The minimum atomic E-state index is -0.940. The van der Waals surface area contributed by atoms with E-state index in [1.54, 1.807) is 18.2 Å². The molecule has 0 aliphatic carbocycles. The Morgan fingerprint density at radius 1 is 1.56 bits per heavy atom. The van der Waals surface area contributed by atoms with Crippen LogP contribution in [-0.2, 0) is 11.2 Å². The number of halogens is 1. The van der Waals surface area contributed by atoms with Crippen molar-refractivity contribution in [3.63, 3.8) is 0 Å². The van der Waals surface area contributed by atoms with Crippen LogP contribution in [0.1, 0.15) is 5.56 Å². The van der Waals surface area contributed by atoms with Gasteiger partial charge in [-0.15, -0.1) is 6.58 Å². The van der Waals surface area contributed by atoms with E-state index in [1.165, 1.54) is 12.2 Å². The molecule has 0 bridgehead atoms. The molecule has 0 fully saturated rings. The SMILES string of the molecule is C=CC(O)C=C(Cc1ccccc1Cl)OC(N)=O. The molecule has 1 atom stereocenters. The van der Waals surface area contributed by atoms with E-state index in [1.807, 2.05) is 6.07 Å². The molecule has 0 spiro atoms. The summed E-state index contributed by atoms with van der Waals surface area (Å²) >= 11 is 5.99. The molecule has 0 aromatic heterocycles. The van der Waals surface area contributed by atoms with Gasteiger partial charge in [-0.3, -0.25) is 0 Å². The number of carbonyl (C=O) groups excluding carboxylic acids is 1. The fourth-order valence-corrected chi connectivity index (χ4v) is 1.55. The molecule has 5 heteroatoms. The van der Waals surface area contributed by atoms with Crippen LogP contribution in [0.15, 0.2) is 48.8 Å². The first kappa shape index (κ1) is 14.3. The van der Waals surface area contributed by atoms with Crippen LogP contribution in [0.25, 0.3) is 0 Å². The molecule has 1 aromatic rings. The van der Waals surface area contributed by atoms with Crippen LogP contribution in [0, 0.1) is 0 Å². The molecule has 1 aromatic carbocycles. The molecule has 0 aliphatic heterocycles. The molecule has 0 saturated heterocycles. The van der Waals surface area contributed by atoms with Gasteiger partial charge in [0.1, 0.15) is 5.76 Å². The van der Waals surface area contributed by atoms with Gasteiger partial charge in [0.05, 0.1) is 6.10 Å². The third-order valence-corrected chi connectivity index (χ3v) is 2.52. The summed E-state index contributed by atoms with van der Waals surface area (Å²) in [5.41, 5.74) is 5.73. The first-order chi connectivity index (χ1) is 8.52. The van der Waals surface area contributed by atoms with Gasteiger partial charge in [-0.05, 0) is 17.7 Å². The van der Waals surface area contributed by atoms with Gasteiger partial charge >= 0.3 is 6.09 Å². The molecule has 0 aliphatic rings.